The van der Waals surface area contributed by atoms with E-state index in [1.807, 2.05) is 12.1 Å². The minimum atomic E-state index is 0.247. The number of amides is 1. The topological polar surface area (TPSA) is 53.5 Å². The Morgan fingerprint density at radius 1 is 1.00 bits per heavy atom. The molecule has 4 bridgehead atoms. The lowest BCUT2D eigenvalue weighted by atomic mass is 9.51. The van der Waals surface area contributed by atoms with Crippen LogP contribution in [-0.4, -0.2) is 24.8 Å². The Balaban J connectivity index is 1.27. The molecule has 1 aromatic carbocycles. The summed E-state index contributed by atoms with van der Waals surface area (Å²) in [6, 6.07) is 8.15. The summed E-state index contributed by atoms with van der Waals surface area (Å²) in [5.41, 5.74) is 2.02. The third-order valence-corrected chi connectivity index (χ3v) is 6.85. The third-order valence-electron chi connectivity index (χ3n) is 6.85. The smallest absolute Gasteiger partial charge is 0.228 e. The fourth-order valence-corrected chi connectivity index (χ4v) is 6.02. The summed E-state index contributed by atoms with van der Waals surface area (Å²) in [4.78, 5) is 17.5. The molecule has 0 spiro atoms. The fraction of sp³-hybridized carbons (Fsp3) is 0.619. The summed E-state index contributed by atoms with van der Waals surface area (Å²) in [5, 5.41) is 6.55. The zero-order valence-corrected chi connectivity index (χ0v) is 14.7. The number of hydrogen-bond donors (Lipinski definition) is 2. The van der Waals surface area contributed by atoms with Crippen molar-refractivity contribution in [3.63, 3.8) is 0 Å². The van der Waals surface area contributed by atoms with Crippen molar-refractivity contribution in [2.75, 3.05) is 18.4 Å². The molecule has 2 N–H and O–H groups in total. The minimum absolute atomic E-state index is 0.247. The molecular weight excluding hydrogens is 310 g/mol. The van der Waals surface area contributed by atoms with Crippen LogP contribution >= 0.6 is 0 Å². The average Bonchev–Trinajstić information content (AvgIpc) is 2.62. The van der Waals surface area contributed by atoms with Crippen molar-refractivity contribution < 1.29 is 4.79 Å². The van der Waals surface area contributed by atoms with Gasteiger partial charge in [0.2, 0.25) is 5.91 Å². The number of benzene rings is 1. The molecule has 6 rings (SSSR count). The van der Waals surface area contributed by atoms with Crippen molar-refractivity contribution in [3.8, 4) is 0 Å². The van der Waals surface area contributed by atoms with Crippen LogP contribution in [0.4, 0.5) is 5.69 Å². The molecule has 1 aliphatic heterocycles. The van der Waals surface area contributed by atoms with Crippen LogP contribution in [0.15, 0.2) is 29.3 Å². The molecule has 0 saturated heterocycles. The van der Waals surface area contributed by atoms with Gasteiger partial charge in [-0.2, -0.15) is 0 Å². The largest absolute Gasteiger partial charge is 0.370 e. The van der Waals surface area contributed by atoms with Gasteiger partial charge in [0.05, 0.1) is 0 Å². The molecule has 0 aromatic heterocycles. The number of rotatable bonds is 3. The molecule has 4 fully saturated rings. The molecule has 0 unspecified atom stereocenters. The molecule has 1 amide bonds. The second-order valence-electron chi connectivity index (χ2n) is 8.53. The summed E-state index contributed by atoms with van der Waals surface area (Å²) in [5.74, 6) is 4.58. The van der Waals surface area contributed by atoms with Gasteiger partial charge >= 0.3 is 0 Å². The van der Waals surface area contributed by atoms with Crippen LogP contribution < -0.4 is 10.6 Å². The zero-order chi connectivity index (χ0) is 16.8. The second-order valence-corrected chi connectivity index (χ2v) is 8.53. The van der Waals surface area contributed by atoms with E-state index in [0.717, 1.165) is 48.4 Å². The normalized spacial score (nSPS) is 35.8. The van der Waals surface area contributed by atoms with Gasteiger partial charge in [-0.3, -0.25) is 9.79 Å². The summed E-state index contributed by atoms with van der Waals surface area (Å²) in [6.45, 7) is 1.89. The molecule has 1 aromatic rings. The average molecular weight is 337 g/mol. The van der Waals surface area contributed by atoms with Crippen molar-refractivity contribution in [1.82, 2.24) is 5.32 Å². The molecule has 4 aliphatic carbocycles. The van der Waals surface area contributed by atoms with E-state index in [1.165, 1.54) is 32.1 Å². The highest BCUT2D eigenvalue weighted by molar-refractivity contribution is 6.00. The lowest BCUT2D eigenvalue weighted by Crippen LogP contribution is -2.49. The molecule has 5 aliphatic rings. The lowest BCUT2D eigenvalue weighted by Gasteiger charge is -2.53. The number of aliphatic imine (C=N–C) groups is 1. The number of carbonyl (C=O) groups is 1. The first-order valence-corrected chi connectivity index (χ1v) is 9.96. The van der Waals surface area contributed by atoms with Gasteiger partial charge < -0.3 is 10.6 Å². The van der Waals surface area contributed by atoms with Crippen LogP contribution in [0.5, 0.6) is 0 Å². The zero-order valence-electron chi connectivity index (χ0n) is 14.7. The molecule has 4 heteroatoms. The van der Waals surface area contributed by atoms with Crippen LogP contribution in [0.1, 0.15) is 44.1 Å². The van der Waals surface area contributed by atoms with Gasteiger partial charge in [0, 0.05) is 30.3 Å². The van der Waals surface area contributed by atoms with E-state index >= 15 is 0 Å². The molecule has 0 atom stereocenters. The Bertz CT molecular complexity index is 666. The summed E-state index contributed by atoms with van der Waals surface area (Å²) >= 11 is 0. The number of amidine groups is 1. The molecular formula is C21H27N3O. The number of nitrogens with zero attached hydrogens (tertiary/aromatic N) is 1. The van der Waals surface area contributed by atoms with Gasteiger partial charge in [-0.15, -0.1) is 0 Å². The van der Waals surface area contributed by atoms with Crippen molar-refractivity contribution in [2.24, 2.45) is 34.6 Å². The van der Waals surface area contributed by atoms with E-state index in [2.05, 4.69) is 27.8 Å². The van der Waals surface area contributed by atoms with Crippen molar-refractivity contribution in [2.45, 2.75) is 38.5 Å². The minimum Gasteiger partial charge on any atom is -0.370 e. The number of anilines is 1. The van der Waals surface area contributed by atoms with Crippen LogP contribution in [0.25, 0.3) is 0 Å². The highest BCUT2D eigenvalue weighted by Crippen LogP contribution is 2.56. The van der Waals surface area contributed by atoms with Gasteiger partial charge in [-0.25, -0.2) is 0 Å². The predicted molar refractivity (Wildman–Crippen MR) is 99.6 cm³/mol. The van der Waals surface area contributed by atoms with Crippen molar-refractivity contribution >= 4 is 17.4 Å². The van der Waals surface area contributed by atoms with Crippen LogP contribution in [0.2, 0.25) is 0 Å². The first-order chi connectivity index (χ1) is 12.3. The first kappa shape index (κ1) is 15.4. The number of carbonyl (C=O) groups excluding carboxylic acids is 1. The molecule has 4 nitrogen and oxygen atoms in total. The fourth-order valence-electron chi connectivity index (χ4n) is 6.02. The molecule has 4 saturated carbocycles. The van der Waals surface area contributed by atoms with Crippen LogP contribution in [0, 0.1) is 29.6 Å². The second kappa shape index (κ2) is 6.15. The summed E-state index contributed by atoms with van der Waals surface area (Å²) < 4.78 is 0. The Labute approximate surface area is 149 Å². The van der Waals surface area contributed by atoms with E-state index in [4.69, 9.17) is 0 Å². The molecule has 25 heavy (non-hydrogen) atoms. The van der Waals surface area contributed by atoms with E-state index in [0.29, 0.717) is 11.8 Å². The Morgan fingerprint density at radius 3 is 2.28 bits per heavy atom. The van der Waals surface area contributed by atoms with E-state index in [-0.39, 0.29) is 11.8 Å². The van der Waals surface area contributed by atoms with Gasteiger partial charge in [0.15, 0.2) is 0 Å². The SMILES string of the molecule is O=C(Nc1ccc(C2=NCCCN2)cc1)C1C2CC3CC(C2)CC1C3. The highest BCUT2D eigenvalue weighted by atomic mass is 16.1. The third kappa shape index (κ3) is 2.86. The van der Waals surface area contributed by atoms with E-state index in [9.17, 15) is 4.79 Å². The van der Waals surface area contributed by atoms with Crippen LogP contribution in [0.3, 0.4) is 0 Å². The maximum absolute atomic E-state index is 12.9. The van der Waals surface area contributed by atoms with E-state index < -0.39 is 0 Å². The Morgan fingerprint density at radius 2 is 1.68 bits per heavy atom. The number of hydrogen-bond acceptors (Lipinski definition) is 3. The first-order valence-electron chi connectivity index (χ1n) is 9.96. The maximum atomic E-state index is 12.9. The molecule has 0 radical (unpaired) electrons. The van der Waals surface area contributed by atoms with Gasteiger partial charge in [-0.05, 0) is 86.5 Å². The van der Waals surface area contributed by atoms with Crippen molar-refractivity contribution in [1.29, 1.82) is 0 Å². The van der Waals surface area contributed by atoms with Gasteiger partial charge in [-0.1, -0.05) is 0 Å². The lowest BCUT2D eigenvalue weighted by molar-refractivity contribution is -0.132. The van der Waals surface area contributed by atoms with Gasteiger partial charge in [0.1, 0.15) is 5.84 Å². The van der Waals surface area contributed by atoms with E-state index in [1.54, 1.807) is 0 Å². The Hall–Kier alpha value is -1.84. The quantitative estimate of drug-likeness (QED) is 0.888. The monoisotopic (exact) mass is 337 g/mol. The summed E-state index contributed by atoms with van der Waals surface area (Å²) in [7, 11) is 0. The maximum Gasteiger partial charge on any atom is 0.228 e. The molecule has 132 valence electrons. The molecule has 1 heterocycles. The highest BCUT2D eigenvalue weighted by Gasteiger charge is 2.50. The predicted octanol–water partition coefficient (Wildman–Crippen LogP) is 3.44. The van der Waals surface area contributed by atoms with Gasteiger partial charge in [0.25, 0.3) is 0 Å². The number of nitrogens with one attached hydrogen (secondary N) is 2. The standard InChI is InChI=1S/C21H27N3O/c25-21(19-16-9-13-8-14(11-16)12-17(19)10-13)24-18-4-2-15(3-5-18)20-22-6-1-7-23-20/h2-5,13-14,16-17,19H,1,6-12H2,(H,22,23)(H,24,25). The summed E-state index contributed by atoms with van der Waals surface area (Å²) in [6.07, 6.45) is 7.68. The Kier molecular flexibility index (Phi) is 3.79. The van der Waals surface area contributed by atoms with Crippen LogP contribution in [-0.2, 0) is 4.79 Å². The van der Waals surface area contributed by atoms with Crippen molar-refractivity contribution in [3.05, 3.63) is 29.8 Å².